The number of carboxylic acid groups (broad SMARTS) is 1. The summed E-state index contributed by atoms with van der Waals surface area (Å²) >= 11 is 0. The molecule has 1 rings (SSSR count). The molecule has 0 saturated carbocycles. The molecule has 2 nitrogen and oxygen atoms in total. The van der Waals surface area contributed by atoms with Crippen LogP contribution in [0.4, 0.5) is 17.6 Å². The van der Waals surface area contributed by atoms with E-state index < -0.39 is 34.8 Å². The predicted octanol–water partition coefficient (Wildman–Crippen LogP) is 1.02. The van der Waals surface area contributed by atoms with Crippen LogP contribution in [0.5, 0.6) is 0 Å². The number of hydrogen-bond donors (Lipinski definition) is 1. The molecule has 0 unspecified atom stereocenters. The van der Waals surface area contributed by atoms with Crippen LogP contribution in [-0.4, -0.2) is 60.0 Å². The van der Waals surface area contributed by atoms with Gasteiger partial charge in [-0.2, -0.15) is 0 Å². The zero-order valence-electron chi connectivity index (χ0n) is 5.94. The molecule has 0 fully saturated rings. The maximum atomic E-state index is 12.5. The van der Waals surface area contributed by atoms with Gasteiger partial charge >= 0.3 is 54.9 Å². The average Bonchev–Trinajstić information content (AvgIpc) is 2.07. The van der Waals surface area contributed by atoms with Crippen molar-refractivity contribution in [2.24, 2.45) is 0 Å². The number of halogens is 4. The number of benzene rings is 1. The molecular formula is C7H4BaF4O2. The third kappa shape index (κ3) is 2.51. The van der Waals surface area contributed by atoms with E-state index in [1.165, 1.54) is 0 Å². The molecule has 0 radical (unpaired) electrons. The molecule has 7 heteroatoms. The van der Waals surface area contributed by atoms with E-state index in [2.05, 4.69) is 0 Å². The van der Waals surface area contributed by atoms with Gasteiger partial charge in [0.1, 0.15) is 5.56 Å². The van der Waals surface area contributed by atoms with Crippen LogP contribution >= 0.6 is 0 Å². The Labute approximate surface area is 116 Å². The van der Waals surface area contributed by atoms with Gasteiger partial charge < -0.3 is 5.11 Å². The SMILES string of the molecule is O=C(O)c1cc(F)c(F)c(F)c1F.[BaH2]. The van der Waals surface area contributed by atoms with Crippen LogP contribution in [0, 0.1) is 23.3 Å². The van der Waals surface area contributed by atoms with Crippen molar-refractivity contribution in [1.82, 2.24) is 0 Å². The van der Waals surface area contributed by atoms with Crippen molar-refractivity contribution in [3.8, 4) is 0 Å². The van der Waals surface area contributed by atoms with Crippen molar-refractivity contribution in [3.05, 3.63) is 34.9 Å². The zero-order valence-corrected chi connectivity index (χ0v) is 5.94. The van der Waals surface area contributed by atoms with Gasteiger partial charge in [0.2, 0.25) is 0 Å². The molecule has 0 aromatic heterocycles. The van der Waals surface area contributed by atoms with Crippen molar-refractivity contribution < 1.29 is 27.5 Å². The summed E-state index contributed by atoms with van der Waals surface area (Å²) in [5.74, 6) is -9.67. The van der Waals surface area contributed by atoms with E-state index in [1.54, 1.807) is 0 Å². The van der Waals surface area contributed by atoms with Gasteiger partial charge in [0.25, 0.3) is 0 Å². The standard InChI is InChI=1S/C7H2F4O2.Ba.2H/c8-3-1-2(7(12)13)4(9)6(11)5(3)10;;;/h1H,(H,12,13);;;. The fourth-order valence-electron chi connectivity index (χ4n) is 0.728. The molecule has 0 aliphatic rings. The van der Waals surface area contributed by atoms with Crippen LogP contribution < -0.4 is 0 Å². The molecule has 0 aliphatic heterocycles. The van der Waals surface area contributed by atoms with E-state index >= 15 is 0 Å². The first-order valence-electron chi connectivity index (χ1n) is 3.01. The summed E-state index contributed by atoms with van der Waals surface area (Å²) in [7, 11) is 0. The summed E-state index contributed by atoms with van der Waals surface area (Å²) in [4.78, 5) is 10.1. The van der Waals surface area contributed by atoms with Gasteiger partial charge in [-0.05, 0) is 6.07 Å². The van der Waals surface area contributed by atoms with E-state index in [4.69, 9.17) is 5.11 Å². The van der Waals surface area contributed by atoms with Crippen LogP contribution in [0.2, 0.25) is 0 Å². The number of rotatable bonds is 1. The molecule has 1 N–H and O–H groups in total. The molecule has 74 valence electrons. The zero-order chi connectivity index (χ0) is 10.2. The summed E-state index contributed by atoms with van der Waals surface area (Å²) in [5.41, 5.74) is -1.24. The summed E-state index contributed by atoms with van der Waals surface area (Å²) in [6.07, 6.45) is 0. The fourth-order valence-corrected chi connectivity index (χ4v) is 0.728. The number of carbonyl (C=O) groups is 1. The molecule has 0 aliphatic carbocycles. The molecule has 0 atom stereocenters. The summed E-state index contributed by atoms with van der Waals surface area (Å²) in [6.45, 7) is 0. The quantitative estimate of drug-likeness (QED) is 0.361. The van der Waals surface area contributed by atoms with E-state index in [-0.39, 0.29) is 54.9 Å². The van der Waals surface area contributed by atoms with Gasteiger partial charge in [-0.25, -0.2) is 22.4 Å². The minimum absolute atomic E-state index is 0. The second-order valence-electron chi connectivity index (χ2n) is 2.15. The molecule has 14 heavy (non-hydrogen) atoms. The Kier molecular flexibility index (Phi) is 5.17. The van der Waals surface area contributed by atoms with Gasteiger partial charge in [0.05, 0.1) is 0 Å². The molecule has 0 bridgehead atoms. The Bertz CT molecular complexity index is 380. The first-order valence-corrected chi connectivity index (χ1v) is 3.01. The van der Waals surface area contributed by atoms with E-state index in [0.29, 0.717) is 0 Å². The summed E-state index contributed by atoms with van der Waals surface area (Å²) < 4.78 is 49.5. The third-order valence-electron chi connectivity index (χ3n) is 1.33. The van der Waals surface area contributed by atoms with Gasteiger partial charge in [0, 0.05) is 0 Å². The maximum absolute atomic E-state index is 12.5. The fraction of sp³-hybridized carbons (Fsp3) is 0. The topological polar surface area (TPSA) is 37.3 Å². The Hall–Kier alpha value is -0.0186. The van der Waals surface area contributed by atoms with Crippen LogP contribution in [0.15, 0.2) is 6.07 Å². The van der Waals surface area contributed by atoms with Gasteiger partial charge in [-0.15, -0.1) is 0 Å². The van der Waals surface area contributed by atoms with Crippen molar-refractivity contribution in [1.29, 1.82) is 0 Å². The summed E-state index contributed by atoms with van der Waals surface area (Å²) in [5, 5.41) is 8.21. The Morgan fingerprint density at radius 2 is 1.57 bits per heavy atom. The second-order valence-corrected chi connectivity index (χ2v) is 2.15. The Morgan fingerprint density at radius 1 is 1.07 bits per heavy atom. The van der Waals surface area contributed by atoms with Gasteiger partial charge in [-0.1, -0.05) is 0 Å². The Balaban J connectivity index is 0.00000169. The summed E-state index contributed by atoms with van der Waals surface area (Å²) in [6, 6.07) is 0.0794. The predicted molar refractivity (Wildman–Crippen MR) is 41.8 cm³/mol. The first-order chi connectivity index (χ1) is 5.95. The molecule has 1 aromatic rings. The molecule has 1 aromatic carbocycles. The Morgan fingerprint density at radius 3 is 2.00 bits per heavy atom. The van der Waals surface area contributed by atoms with Crippen LogP contribution in [-0.2, 0) is 0 Å². The van der Waals surface area contributed by atoms with Crippen LogP contribution in [0.1, 0.15) is 10.4 Å². The second kappa shape index (κ2) is 5.17. The number of carboxylic acids is 1. The number of hydrogen-bond acceptors (Lipinski definition) is 1. The van der Waals surface area contributed by atoms with Crippen molar-refractivity contribution in [2.75, 3.05) is 0 Å². The van der Waals surface area contributed by atoms with E-state index in [0.717, 1.165) is 0 Å². The molecule has 0 heterocycles. The van der Waals surface area contributed by atoms with E-state index in [9.17, 15) is 22.4 Å². The third-order valence-corrected chi connectivity index (χ3v) is 1.33. The molecule has 0 amide bonds. The minimum atomic E-state index is -2.13. The van der Waals surface area contributed by atoms with Crippen LogP contribution in [0.25, 0.3) is 0 Å². The normalized spacial score (nSPS) is 9.43. The van der Waals surface area contributed by atoms with Crippen molar-refractivity contribution in [3.63, 3.8) is 0 Å². The van der Waals surface area contributed by atoms with Crippen molar-refractivity contribution in [2.45, 2.75) is 0 Å². The number of aromatic carboxylic acids is 1. The van der Waals surface area contributed by atoms with Crippen molar-refractivity contribution >= 4 is 54.9 Å². The van der Waals surface area contributed by atoms with E-state index in [1.807, 2.05) is 0 Å². The monoisotopic (exact) mass is 334 g/mol. The van der Waals surface area contributed by atoms with Crippen LogP contribution in [0.3, 0.4) is 0 Å². The molecule has 0 spiro atoms. The van der Waals surface area contributed by atoms with Gasteiger partial charge in [0.15, 0.2) is 23.3 Å². The average molecular weight is 333 g/mol. The molecule has 0 saturated heterocycles. The molecular weight excluding hydrogens is 329 g/mol. The van der Waals surface area contributed by atoms with Gasteiger partial charge in [-0.3, -0.25) is 0 Å². The first kappa shape index (κ1) is 14.0.